The molecule has 7 heteroatoms. The van der Waals surface area contributed by atoms with Gasteiger partial charge in [-0.1, -0.05) is 30.3 Å². The summed E-state index contributed by atoms with van der Waals surface area (Å²) < 4.78 is 7.07. The average Bonchev–Trinajstić information content (AvgIpc) is 3.14. The van der Waals surface area contributed by atoms with E-state index in [-0.39, 0.29) is 0 Å². The molecule has 0 radical (unpaired) electrons. The van der Waals surface area contributed by atoms with Crippen molar-refractivity contribution in [3.63, 3.8) is 0 Å². The molecular weight excluding hydrogens is 402 g/mol. The van der Waals surface area contributed by atoms with Crippen LogP contribution in [0.5, 0.6) is 0 Å². The maximum Gasteiger partial charge on any atom is 0.114 e. The second-order valence-corrected chi connectivity index (χ2v) is 9.13. The van der Waals surface area contributed by atoms with Gasteiger partial charge in [0.25, 0.3) is 0 Å². The topological polar surface area (TPSA) is 93.4 Å². The van der Waals surface area contributed by atoms with Crippen LogP contribution in [0.2, 0.25) is 0 Å². The molecule has 1 aromatic heterocycles. The van der Waals surface area contributed by atoms with Crippen molar-refractivity contribution in [2.24, 2.45) is 0 Å². The van der Waals surface area contributed by atoms with Crippen LogP contribution in [-0.2, 0) is 11.2 Å². The lowest BCUT2D eigenvalue weighted by molar-refractivity contribution is -0.231. The molecule has 160 valence electrons. The van der Waals surface area contributed by atoms with Crippen LogP contribution in [-0.4, -0.2) is 65.5 Å². The van der Waals surface area contributed by atoms with E-state index in [9.17, 15) is 20.4 Å². The fourth-order valence-electron chi connectivity index (χ4n) is 4.03. The average molecular weight is 430 g/mol. The van der Waals surface area contributed by atoms with Crippen LogP contribution in [0.3, 0.4) is 0 Å². The van der Waals surface area contributed by atoms with E-state index in [0.717, 1.165) is 23.2 Å². The van der Waals surface area contributed by atoms with Crippen molar-refractivity contribution in [1.29, 1.82) is 0 Å². The third-order valence-electron chi connectivity index (χ3n) is 5.63. The van der Waals surface area contributed by atoms with Gasteiger partial charge in [-0.15, -0.1) is 11.3 Å². The van der Waals surface area contributed by atoms with Gasteiger partial charge in [0.1, 0.15) is 30.5 Å². The highest BCUT2D eigenvalue weighted by molar-refractivity contribution is 7.19. The van der Waals surface area contributed by atoms with Gasteiger partial charge < -0.3 is 30.1 Å². The Morgan fingerprint density at radius 3 is 2.43 bits per heavy atom. The number of fused-ring (bicyclic) bond motifs is 1. The molecule has 0 spiro atoms. The molecule has 1 aliphatic rings. The number of rotatable bonds is 5. The molecule has 0 unspecified atom stereocenters. The highest BCUT2D eigenvalue weighted by atomic mass is 32.1. The molecule has 1 saturated heterocycles. The van der Waals surface area contributed by atoms with E-state index in [1.807, 2.05) is 49.3 Å². The van der Waals surface area contributed by atoms with Crippen molar-refractivity contribution >= 4 is 27.1 Å². The fourth-order valence-corrected chi connectivity index (χ4v) is 5.13. The molecule has 1 fully saturated rings. The van der Waals surface area contributed by atoms with Crippen LogP contribution in [0.15, 0.2) is 48.5 Å². The first-order valence-corrected chi connectivity index (χ1v) is 10.8. The number of nitrogens with zero attached hydrogens (tertiary/aromatic N) is 1. The maximum absolute atomic E-state index is 10.6. The van der Waals surface area contributed by atoms with Crippen molar-refractivity contribution < 1.29 is 25.2 Å². The first-order chi connectivity index (χ1) is 14.4. The molecule has 0 amide bonds. The normalized spacial score (nSPS) is 26.8. The summed E-state index contributed by atoms with van der Waals surface area (Å²) in [6.45, 7) is -0.444. The van der Waals surface area contributed by atoms with E-state index in [0.29, 0.717) is 0 Å². The molecule has 3 aromatic rings. The zero-order chi connectivity index (χ0) is 21.4. The van der Waals surface area contributed by atoms with Crippen molar-refractivity contribution in [2.75, 3.05) is 25.6 Å². The second-order valence-electron chi connectivity index (χ2n) is 7.96. The lowest BCUT2D eigenvalue weighted by Gasteiger charge is -2.41. The number of benzene rings is 2. The number of anilines is 1. The lowest BCUT2D eigenvalue weighted by atomic mass is 9.89. The molecular formula is C23H27NO5S. The van der Waals surface area contributed by atoms with E-state index in [1.165, 1.54) is 15.0 Å². The number of aliphatic hydroxyl groups is 4. The van der Waals surface area contributed by atoms with Gasteiger partial charge in [0.2, 0.25) is 0 Å². The molecule has 5 atom stereocenters. The summed E-state index contributed by atoms with van der Waals surface area (Å²) in [5, 5.41) is 41.7. The van der Waals surface area contributed by atoms with Gasteiger partial charge in [-0.25, -0.2) is 0 Å². The molecule has 0 aliphatic carbocycles. The van der Waals surface area contributed by atoms with Crippen LogP contribution in [0, 0.1) is 0 Å². The zero-order valence-corrected chi connectivity index (χ0v) is 17.8. The Balaban J connectivity index is 1.69. The van der Waals surface area contributed by atoms with Gasteiger partial charge >= 0.3 is 0 Å². The Labute approximate surface area is 179 Å². The zero-order valence-electron chi connectivity index (χ0n) is 17.0. The monoisotopic (exact) mass is 429 g/mol. The number of aliphatic hydroxyl groups excluding tert-OH is 4. The molecule has 0 saturated carbocycles. The quantitative estimate of drug-likeness (QED) is 0.496. The van der Waals surface area contributed by atoms with Crippen molar-refractivity contribution in [3.05, 3.63) is 64.5 Å². The number of ether oxygens (including phenoxy) is 1. The summed E-state index contributed by atoms with van der Waals surface area (Å²) in [5.74, 6) is 0. The van der Waals surface area contributed by atoms with Crippen molar-refractivity contribution in [1.82, 2.24) is 0 Å². The van der Waals surface area contributed by atoms with Gasteiger partial charge in [0.15, 0.2) is 0 Å². The van der Waals surface area contributed by atoms with Crippen LogP contribution in [0.1, 0.15) is 22.1 Å². The predicted molar refractivity (Wildman–Crippen MR) is 118 cm³/mol. The number of thiophene rings is 1. The summed E-state index contributed by atoms with van der Waals surface area (Å²) in [5.41, 5.74) is 2.62. The van der Waals surface area contributed by atoms with E-state index >= 15 is 0 Å². The Hall–Kier alpha value is -2.00. The Kier molecular flexibility index (Phi) is 6.11. The molecule has 1 aliphatic heterocycles. The van der Waals surface area contributed by atoms with Gasteiger partial charge in [0, 0.05) is 41.3 Å². The Morgan fingerprint density at radius 1 is 0.967 bits per heavy atom. The number of hydrogen-bond donors (Lipinski definition) is 4. The highest BCUT2D eigenvalue weighted by Crippen LogP contribution is 2.38. The lowest BCUT2D eigenvalue weighted by Crippen LogP contribution is -2.55. The summed E-state index contributed by atoms with van der Waals surface area (Å²) in [6, 6.07) is 16.5. The van der Waals surface area contributed by atoms with Crippen molar-refractivity contribution in [3.8, 4) is 0 Å². The minimum absolute atomic E-state index is 0.444. The summed E-state index contributed by atoms with van der Waals surface area (Å²) in [6.07, 6.45) is -5.14. The molecule has 2 heterocycles. The minimum Gasteiger partial charge on any atom is -0.394 e. The molecule has 0 bridgehead atoms. The number of hydrogen-bond acceptors (Lipinski definition) is 7. The Morgan fingerprint density at radius 2 is 1.73 bits per heavy atom. The van der Waals surface area contributed by atoms with Gasteiger partial charge in [-0.3, -0.25) is 0 Å². The molecule has 6 nitrogen and oxygen atoms in total. The summed E-state index contributed by atoms with van der Waals surface area (Å²) in [4.78, 5) is 3.15. The van der Waals surface area contributed by atoms with Crippen LogP contribution >= 0.6 is 11.3 Å². The second kappa shape index (κ2) is 8.63. The molecule has 2 aromatic carbocycles. The molecule has 30 heavy (non-hydrogen) atoms. The predicted octanol–water partition coefficient (Wildman–Crippen LogP) is 2.07. The van der Waals surface area contributed by atoms with Gasteiger partial charge in [0.05, 0.1) is 6.61 Å². The third kappa shape index (κ3) is 3.97. The highest BCUT2D eigenvalue weighted by Gasteiger charge is 2.44. The van der Waals surface area contributed by atoms with Crippen LogP contribution < -0.4 is 4.90 Å². The SMILES string of the molecule is CN(C)c1ccc(Cc2cc3ccccc3s2)cc1[C@@H]1O[C@H](CO)[C@@H](O)[C@H](O)[C@H]1O. The molecule has 4 rings (SSSR count). The minimum atomic E-state index is -1.40. The standard InChI is InChI=1S/C23H27NO5S/c1-24(2)17-8-7-13(9-15-11-14-5-3-4-6-19(14)30-15)10-16(17)23-22(28)21(27)20(26)18(12-25)29-23/h3-8,10-11,18,20-23,25-28H,9,12H2,1-2H3/t18-,20-,21+,22-,23+/m1/s1. The maximum atomic E-state index is 10.6. The van der Waals surface area contributed by atoms with E-state index in [2.05, 4.69) is 18.2 Å². The summed E-state index contributed by atoms with van der Waals surface area (Å²) >= 11 is 1.75. The first-order valence-electron chi connectivity index (χ1n) is 9.97. The van der Waals surface area contributed by atoms with Gasteiger partial charge in [-0.2, -0.15) is 0 Å². The largest absolute Gasteiger partial charge is 0.394 e. The van der Waals surface area contributed by atoms with E-state index < -0.39 is 37.1 Å². The molecule has 4 N–H and O–H groups in total. The third-order valence-corrected chi connectivity index (χ3v) is 6.74. The fraction of sp³-hybridized carbons (Fsp3) is 0.391. The smallest absolute Gasteiger partial charge is 0.114 e. The van der Waals surface area contributed by atoms with Crippen LogP contribution in [0.4, 0.5) is 5.69 Å². The summed E-state index contributed by atoms with van der Waals surface area (Å²) in [7, 11) is 3.79. The first kappa shape index (κ1) is 21.2. The van der Waals surface area contributed by atoms with Crippen molar-refractivity contribution in [2.45, 2.75) is 36.9 Å². The van der Waals surface area contributed by atoms with Gasteiger partial charge in [-0.05, 0) is 29.1 Å². The van der Waals surface area contributed by atoms with E-state index in [1.54, 1.807) is 11.3 Å². The van der Waals surface area contributed by atoms with E-state index in [4.69, 9.17) is 4.74 Å². The Bertz CT molecular complexity index is 985. The van der Waals surface area contributed by atoms with Crippen LogP contribution in [0.25, 0.3) is 10.1 Å².